The summed E-state index contributed by atoms with van der Waals surface area (Å²) in [7, 11) is 0. The Labute approximate surface area is 165 Å². The van der Waals surface area contributed by atoms with Crippen molar-refractivity contribution in [2.24, 2.45) is 0 Å². The standard InChI is InChI=1S/C19H17ClN4O4/c1-12-19(13(2)23(22-12)11-14-5-3-4-6-16(14)20)21-17(25)9-7-15-8-10-18(28-15)24(26)27/h3-10H,11H2,1-2H3,(H,21,25)/b9-7+. The Hall–Kier alpha value is -3.39. The molecule has 0 saturated carbocycles. The second-order valence-electron chi connectivity index (χ2n) is 6.05. The Kier molecular flexibility index (Phi) is 5.60. The molecule has 3 aromatic rings. The maximum atomic E-state index is 12.2. The molecule has 0 atom stereocenters. The van der Waals surface area contributed by atoms with Crippen molar-refractivity contribution in [2.75, 3.05) is 5.32 Å². The van der Waals surface area contributed by atoms with Gasteiger partial charge >= 0.3 is 5.88 Å². The Morgan fingerprint density at radius 2 is 2.07 bits per heavy atom. The van der Waals surface area contributed by atoms with Crippen molar-refractivity contribution >= 4 is 35.2 Å². The van der Waals surface area contributed by atoms with Crippen LogP contribution in [-0.4, -0.2) is 20.6 Å². The van der Waals surface area contributed by atoms with E-state index in [9.17, 15) is 14.9 Å². The fourth-order valence-corrected chi connectivity index (χ4v) is 2.87. The van der Waals surface area contributed by atoms with Crippen LogP contribution in [0.15, 0.2) is 46.9 Å². The van der Waals surface area contributed by atoms with Gasteiger partial charge in [-0.1, -0.05) is 29.8 Å². The predicted molar refractivity (Wildman–Crippen MR) is 105 cm³/mol. The summed E-state index contributed by atoms with van der Waals surface area (Å²) in [6.07, 6.45) is 2.61. The van der Waals surface area contributed by atoms with Crippen molar-refractivity contribution in [3.05, 3.63) is 80.3 Å². The number of hydrogen-bond donors (Lipinski definition) is 1. The molecule has 0 aliphatic carbocycles. The lowest BCUT2D eigenvalue weighted by atomic mass is 10.2. The second-order valence-corrected chi connectivity index (χ2v) is 6.46. The van der Waals surface area contributed by atoms with E-state index in [4.69, 9.17) is 16.0 Å². The molecule has 0 aliphatic rings. The normalized spacial score (nSPS) is 11.1. The molecular formula is C19H17ClN4O4. The van der Waals surface area contributed by atoms with Crippen LogP contribution < -0.4 is 5.32 Å². The highest BCUT2D eigenvalue weighted by Crippen LogP contribution is 2.23. The van der Waals surface area contributed by atoms with Crippen molar-refractivity contribution < 1.29 is 14.1 Å². The Balaban J connectivity index is 1.72. The zero-order valence-electron chi connectivity index (χ0n) is 15.2. The maximum absolute atomic E-state index is 12.2. The molecule has 8 nitrogen and oxygen atoms in total. The minimum Gasteiger partial charge on any atom is -0.401 e. The first-order chi connectivity index (χ1) is 13.3. The van der Waals surface area contributed by atoms with Gasteiger partial charge in [0, 0.05) is 11.1 Å². The molecule has 0 bridgehead atoms. The molecule has 28 heavy (non-hydrogen) atoms. The minimum atomic E-state index is -0.641. The Bertz CT molecular complexity index is 1070. The van der Waals surface area contributed by atoms with Gasteiger partial charge in [-0.25, -0.2) is 0 Å². The number of nitrogens with zero attached hydrogens (tertiary/aromatic N) is 3. The Morgan fingerprint density at radius 1 is 1.32 bits per heavy atom. The van der Waals surface area contributed by atoms with Crippen LogP contribution in [0.2, 0.25) is 5.02 Å². The summed E-state index contributed by atoms with van der Waals surface area (Å²) >= 11 is 6.21. The largest absolute Gasteiger partial charge is 0.433 e. The molecule has 1 N–H and O–H groups in total. The minimum absolute atomic E-state index is 0.213. The van der Waals surface area contributed by atoms with E-state index in [0.717, 1.165) is 11.3 Å². The third kappa shape index (κ3) is 4.29. The molecule has 9 heteroatoms. The van der Waals surface area contributed by atoms with E-state index < -0.39 is 10.8 Å². The van der Waals surface area contributed by atoms with Crippen LogP contribution in [-0.2, 0) is 11.3 Å². The predicted octanol–water partition coefficient (Wildman–Crippen LogP) is 4.35. The van der Waals surface area contributed by atoms with E-state index >= 15 is 0 Å². The van der Waals surface area contributed by atoms with Crippen LogP contribution in [0.1, 0.15) is 22.7 Å². The van der Waals surface area contributed by atoms with Crippen molar-refractivity contribution in [1.29, 1.82) is 0 Å². The number of nitro groups is 1. The van der Waals surface area contributed by atoms with E-state index in [2.05, 4.69) is 10.4 Å². The molecular weight excluding hydrogens is 384 g/mol. The van der Waals surface area contributed by atoms with Gasteiger partial charge in [0.15, 0.2) is 0 Å². The van der Waals surface area contributed by atoms with Crippen LogP contribution in [0.4, 0.5) is 11.6 Å². The molecule has 1 aromatic carbocycles. The van der Waals surface area contributed by atoms with Crippen molar-refractivity contribution in [1.82, 2.24) is 9.78 Å². The van der Waals surface area contributed by atoms with E-state index in [-0.39, 0.29) is 11.6 Å². The molecule has 0 spiro atoms. The number of nitrogens with one attached hydrogen (secondary N) is 1. The lowest BCUT2D eigenvalue weighted by Crippen LogP contribution is -2.10. The number of aryl methyl sites for hydroxylation is 1. The zero-order valence-corrected chi connectivity index (χ0v) is 15.9. The number of hydrogen-bond acceptors (Lipinski definition) is 5. The van der Waals surface area contributed by atoms with Crippen LogP contribution >= 0.6 is 11.6 Å². The topological polar surface area (TPSA) is 103 Å². The fourth-order valence-electron chi connectivity index (χ4n) is 2.67. The summed E-state index contributed by atoms with van der Waals surface area (Å²) < 4.78 is 6.75. The number of rotatable bonds is 6. The summed E-state index contributed by atoms with van der Waals surface area (Å²) in [5.41, 5.74) is 2.98. The quantitative estimate of drug-likeness (QED) is 0.376. The van der Waals surface area contributed by atoms with Gasteiger partial charge < -0.3 is 9.73 Å². The molecule has 0 radical (unpaired) electrons. The first-order valence-electron chi connectivity index (χ1n) is 8.36. The van der Waals surface area contributed by atoms with Gasteiger partial charge in [-0.2, -0.15) is 5.10 Å². The molecule has 2 aromatic heterocycles. The SMILES string of the molecule is Cc1nn(Cc2ccccc2Cl)c(C)c1NC(=O)/C=C/c1ccc([N+](=O)[O-])o1. The molecule has 0 aliphatic heterocycles. The molecule has 0 saturated heterocycles. The molecule has 1 amide bonds. The number of anilines is 1. The molecule has 2 heterocycles. The van der Waals surface area contributed by atoms with Crippen LogP contribution in [0.5, 0.6) is 0 Å². The van der Waals surface area contributed by atoms with Gasteiger partial charge in [0.1, 0.15) is 10.7 Å². The summed E-state index contributed by atoms with van der Waals surface area (Å²) in [5.74, 6) is -0.570. The number of carbonyl (C=O) groups is 1. The van der Waals surface area contributed by atoms with E-state index in [1.165, 1.54) is 24.3 Å². The van der Waals surface area contributed by atoms with Crippen molar-refractivity contribution in [3.8, 4) is 0 Å². The molecule has 3 rings (SSSR count). The van der Waals surface area contributed by atoms with E-state index in [0.29, 0.717) is 22.9 Å². The number of halogens is 1. The third-order valence-electron chi connectivity index (χ3n) is 4.10. The van der Waals surface area contributed by atoms with Crippen LogP contribution in [0, 0.1) is 24.0 Å². The van der Waals surface area contributed by atoms with E-state index in [1.54, 1.807) is 11.6 Å². The van der Waals surface area contributed by atoms with Crippen molar-refractivity contribution in [2.45, 2.75) is 20.4 Å². The highest BCUT2D eigenvalue weighted by molar-refractivity contribution is 6.31. The first kappa shape index (κ1) is 19.4. The van der Waals surface area contributed by atoms with Gasteiger partial charge in [-0.3, -0.25) is 19.6 Å². The molecule has 144 valence electrons. The lowest BCUT2D eigenvalue weighted by Gasteiger charge is -2.07. The maximum Gasteiger partial charge on any atom is 0.433 e. The number of benzene rings is 1. The first-order valence-corrected chi connectivity index (χ1v) is 8.73. The highest BCUT2D eigenvalue weighted by atomic mass is 35.5. The van der Waals surface area contributed by atoms with Crippen LogP contribution in [0.3, 0.4) is 0 Å². The average Bonchev–Trinajstić information content (AvgIpc) is 3.23. The van der Waals surface area contributed by atoms with E-state index in [1.807, 2.05) is 31.2 Å². The zero-order chi connectivity index (χ0) is 20.3. The monoisotopic (exact) mass is 400 g/mol. The summed E-state index contributed by atoms with van der Waals surface area (Å²) in [5, 5.41) is 18.5. The van der Waals surface area contributed by atoms with Crippen LogP contribution in [0.25, 0.3) is 6.08 Å². The summed E-state index contributed by atoms with van der Waals surface area (Å²) in [6.45, 7) is 4.13. The van der Waals surface area contributed by atoms with Crippen molar-refractivity contribution in [3.63, 3.8) is 0 Å². The highest BCUT2D eigenvalue weighted by Gasteiger charge is 2.15. The number of amides is 1. The lowest BCUT2D eigenvalue weighted by molar-refractivity contribution is -0.402. The Morgan fingerprint density at radius 3 is 2.75 bits per heavy atom. The van der Waals surface area contributed by atoms with Gasteiger partial charge in [-0.15, -0.1) is 0 Å². The number of aromatic nitrogens is 2. The summed E-state index contributed by atoms with van der Waals surface area (Å²) in [4.78, 5) is 22.2. The fraction of sp³-hybridized carbons (Fsp3) is 0.158. The van der Waals surface area contributed by atoms with Gasteiger partial charge in [0.2, 0.25) is 5.91 Å². The second kappa shape index (κ2) is 8.10. The van der Waals surface area contributed by atoms with Gasteiger partial charge in [0.25, 0.3) is 0 Å². The smallest absolute Gasteiger partial charge is 0.401 e. The average molecular weight is 401 g/mol. The molecule has 0 fully saturated rings. The van der Waals surface area contributed by atoms with Gasteiger partial charge in [0.05, 0.1) is 29.7 Å². The number of furan rings is 1. The van der Waals surface area contributed by atoms with Gasteiger partial charge in [-0.05, 0) is 37.6 Å². The third-order valence-corrected chi connectivity index (χ3v) is 4.47. The molecule has 0 unspecified atom stereocenters. The summed E-state index contributed by atoms with van der Waals surface area (Å²) in [6, 6.07) is 10.1. The number of carbonyl (C=O) groups excluding carboxylic acids is 1.